The molecule has 19 heavy (non-hydrogen) atoms. The third-order valence-corrected chi connectivity index (χ3v) is 2.94. The minimum atomic E-state index is -0.738. The summed E-state index contributed by atoms with van der Waals surface area (Å²) < 4.78 is 9.63. The van der Waals surface area contributed by atoms with Crippen LogP contribution in [0.2, 0.25) is 0 Å². The molecule has 2 rings (SSSR count). The molecule has 0 aliphatic carbocycles. The summed E-state index contributed by atoms with van der Waals surface area (Å²) in [6.45, 7) is 1.88. The van der Waals surface area contributed by atoms with Crippen molar-refractivity contribution in [2.24, 2.45) is 0 Å². The van der Waals surface area contributed by atoms with E-state index in [4.69, 9.17) is 4.52 Å². The fourth-order valence-electron chi connectivity index (χ4n) is 1.26. The van der Waals surface area contributed by atoms with Gasteiger partial charge in [-0.25, -0.2) is 10.2 Å². The SMILES string of the molecule is CCOC(=O)NNC(=O)c1cc(-c2cccs2)on1. The Kier molecular flexibility index (Phi) is 4.14. The number of hydrazine groups is 1. The normalized spacial score (nSPS) is 9.95. The first-order valence-electron chi connectivity index (χ1n) is 5.44. The standard InChI is InChI=1S/C11H11N3O4S/c1-2-17-11(16)13-12-10(15)7-6-8(18-14-7)9-4-3-5-19-9/h3-6H,2H2,1H3,(H,12,15)(H,13,16). The zero-order chi connectivity index (χ0) is 13.7. The van der Waals surface area contributed by atoms with E-state index >= 15 is 0 Å². The number of amides is 2. The highest BCUT2D eigenvalue weighted by atomic mass is 32.1. The molecule has 2 amide bonds. The van der Waals surface area contributed by atoms with Gasteiger partial charge >= 0.3 is 6.09 Å². The molecule has 0 spiro atoms. The van der Waals surface area contributed by atoms with E-state index in [-0.39, 0.29) is 12.3 Å². The Balaban J connectivity index is 1.95. The van der Waals surface area contributed by atoms with E-state index in [2.05, 4.69) is 20.7 Å². The van der Waals surface area contributed by atoms with Gasteiger partial charge < -0.3 is 9.26 Å². The van der Waals surface area contributed by atoms with Gasteiger partial charge in [-0.1, -0.05) is 11.2 Å². The van der Waals surface area contributed by atoms with Gasteiger partial charge in [-0.3, -0.25) is 10.2 Å². The first kappa shape index (κ1) is 13.1. The average Bonchev–Trinajstić information content (AvgIpc) is 3.06. The lowest BCUT2D eigenvalue weighted by molar-refractivity contribution is 0.0904. The van der Waals surface area contributed by atoms with Crippen molar-refractivity contribution in [3.63, 3.8) is 0 Å². The Morgan fingerprint density at radius 1 is 1.47 bits per heavy atom. The van der Waals surface area contributed by atoms with E-state index in [1.807, 2.05) is 17.5 Å². The van der Waals surface area contributed by atoms with E-state index < -0.39 is 12.0 Å². The molecule has 0 saturated heterocycles. The summed E-state index contributed by atoms with van der Waals surface area (Å²) in [5.74, 6) is -0.0871. The molecular weight excluding hydrogens is 270 g/mol. The summed E-state index contributed by atoms with van der Waals surface area (Å²) >= 11 is 1.47. The number of carbonyl (C=O) groups is 2. The van der Waals surface area contributed by atoms with E-state index in [1.165, 1.54) is 17.4 Å². The molecule has 0 saturated carbocycles. The molecule has 0 bridgehead atoms. The fraction of sp³-hybridized carbons (Fsp3) is 0.182. The van der Waals surface area contributed by atoms with Crippen molar-refractivity contribution in [1.82, 2.24) is 16.0 Å². The Hall–Kier alpha value is -2.35. The zero-order valence-corrected chi connectivity index (χ0v) is 10.8. The fourth-order valence-corrected chi connectivity index (χ4v) is 1.93. The predicted molar refractivity (Wildman–Crippen MR) is 67.4 cm³/mol. The Morgan fingerprint density at radius 3 is 3.00 bits per heavy atom. The van der Waals surface area contributed by atoms with Gasteiger partial charge in [-0.05, 0) is 18.4 Å². The lowest BCUT2D eigenvalue weighted by atomic mass is 10.3. The molecule has 0 unspecified atom stereocenters. The van der Waals surface area contributed by atoms with Crippen LogP contribution in [0.15, 0.2) is 28.1 Å². The largest absolute Gasteiger partial charge is 0.449 e. The molecule has 8 heteroatoms. The van der Waals surface area contributed by atoms with Gasteiger partial charge in [0.1, 0.15) is 0 Å². The highest BCUT2D eigenvalue weighted by Crippen LogP contribution is 2.24. The van der Waals surface area contributed by atoms with Gasteiger partial charge in [-0.15, -0.1) is 11.3 Å². The van der Waals surface area contributed by atoms with Crippen LogP contribution in [0.3, 0.4) is 0 Å². The van der Waals surface area contributed by atoms with Crippen LogP contribution in [0.1, 0.15) is 17.4 Å². The minimum absolute atomic E-state index is 0.0696. The molecule has 0 fully saturated rings. The number of carbonyl (C=O) groups excluding carboxylic acids is 2. The summed E-state index contributed by atoms with van der Waals surface area (Å²) in [7, 11) is 0. The van der Waals surface area contributed by atoms with Gasteiger partial charge in [0, 0.05) is 6.07 Å². The first-order valence-corrected chi connectivity index (χ1v) is 6.32. The number of aromatic nitrogens is 1. The number of ether oxygens (including phenoxy) is 1. The van der Waals surface area contributed by atoms with Crippen LogP contribution in [-0.2, 0) is 4.74 Å². The molecule has 2 aromatic heterocycles. The van der Waals surface area contributed by atoms with Gasteiger partial charge in [0.2, 0.25) is 0 Å². The van der Waals surface area contributed by atoms with Crippen LogP contribution >= 0.6 is 11.3 Å². The number of hydrogen-bond acceptors (Lipinski definition) is 6. The topological polar surface area (TPSA) is 93.5 Å². The first-order chi connectivity index (χ1) is 9.20. The molecule has 0 aliphatic rings. The average molecular weight is 281 g/mol. The Bertz CT molecular complexity index is 564. The van der Waals surface area contributed by atoms with Gasteiger partial charge in [0.15, 0.2) is 11.5 Å². The van der Waals surface area contributed by atoms with Crippen molar-refractivity contribution in [2.75, 3.05) is 6.61 Å². The van der Waals surface area contributed by atoms with Crippen LogP contribution in [0, 0.1) is 0 Å². The summed E-state index contributed by atoms with van der Waals surface area (Å²) in [4.78, 5) is 23.5. The highest BCUT2D eigenvalue weighted by Gasteiger charge is 2.14. The van der Waals surface area contributed by atoms with E-state index in [9.17, 15) is 9.59 Å². The number of rotatable bonds is 3. The van der Waals surface area contributed by atoms with Crippen LogP contribution in [0.5, 0.6) is 0 Å². The molecule has 0 aliphatic heterocycles. The second kappa shape index (κ2) is 6.01. The second-order valence-electron chi connectivity index (χ2n) is 3.35. The van der Waals surface area contributed by atoms with Crippen LogP contribution in [0.25, 0.3) is 10.6 Å². The summed E-state index contributed by atoms with van der Waals surface area (Å²) in [5.41, 5.74) is 4.32. The molecule has 2 N–H and O–H groups in total. The maximum Gasteiger partial charge on any atom is 0.426 e. The van der Waals surface area contributed by atoms with Crippen molar-refractivity contribution < 1.29 is 18.8 Å². The van der Waals surface area contributed by atoms with Gasteiger partial charge in [0.25, 0.3) is 5.91 Å². The molecule has 0 aromatic carbocycles. The van der Waals surface area contributed by atoms with Crippen LogP contribution < -0.4 is 10.9 Å². The predicted octanol–water partition coefficient (Wildman–Crippen LogP) is 1.79. The Labute approximate surface area is 112 Å². The second-order valence-corrected chi connectivity index (χ2v) is 4.30. The number of hydrogen-bond donors (Lipinski definition) is 2. The summed E-state index contributed by atoms with van der Waals surface area (Å²) in [5, 5.41) is 5.51. The zero-order valence-electron chi connectivity index (χ0n) is 10.0. The molecule has 2 heterocycles. The molecule has 2 aromatic rings. The lowest BCUT2D eigenvalue weighted by Gasteiger charge is -2.04. The third kappa shape index (κ3) is 3.32. The van der Waals surface area contributed by atoms with Gasteiger partial charge in [0.05, 0.1) is 11.5 Å². The minimum Gasteiger partial charge on any atom is -0.449 e. The number of thiophene rings is 1. The van der Waals surface area contributed by atoms with Gasteiger partial charge in [-0.2, -0.15) is 0 Å². The third-order valence-electron chi connectivity index (χ3n) is 2.06. The molecular formula is C11H11N3O4S. The summed E-state index contributed by atoms with van der Waals surface area (Å²) in [6, 6.07) is 5.21. The van der Waals surface area contributed by atoms with Crippen molar-refractivity contribution in [3.05, 3.63) is 29.3 Å². The van der Waals surface area contributed by atoms with Crippen molar-refractivity contribution in [2.45, 2.75) is 6.92 Å². The van der Waals surface area contributed by atoms with E-state index in [0.29, 0.717) is 5.76 Å². The van der Waals surface area contributed by atoms with Crippen LogP contribution in [-0.4, -0.2) is 23.8 Å². The molecule has 0 radical (unpaired) electrons. The maximum absolute atomic E-state index is 11.6. The van der Waals surface area contributed by atoms with Crippen molar-refractivity contribution in [3.8, 4) is 10.6 Å². The number of nitrogens with one attached hydrogen (secondary N) is 2. The molecule has 0 atom stereocenters. The number of nitrogens with zero attached hydrogens (tertiary/aromatic N) is 1. The quantitative estimate of drug-likeness (QED) is 0.837. The van der Waals surface area contributed by atoms with E-state index in [0.717, 1.165) is 4.88 Å². The smallest absolute Gasteiger partial charge is 0.426 e. The van der Waals surface area contributed by atoms with Crippen LogP contribution in [0.4, 0.5) is 4.79 Å². The maximum atomic E-state index is 11.6. The molecule has 100 valence electrons. The van der Waals surface area contributed by atoms with E-state index in [1.54, 1.807) is 6.92 Å². The summed E-state index contributed by atoms with van der Waals surface area (Å²) in [6.07, 6.45) is -0.738. The van der Waals surface area contributed by atoms with Crippen molar-refractivity contribution in [1.29, 1.82) is 0 Å². The lowest BCUT2D eigenvalue weighted by Crippen LogP contribution is -2.42. The monoisotopic (exact) mass is 281 g/mol. The molecule has 7 nitrogen and oxygen atoms in total. The highest BCUT2D eigenvalue weighted by molar-refractivity contribution is 7.13. The van der Waals surface area contributed by atoms with Crippen molar-refractivity contribution >= 4 is 23.3 Å². The Morgan fingerprint density at radius 2 is 2.32 bits per heavy atom.